The van der Waals surface area contributed by atoms with Crippen LogP contribution in [0.4, 0.5) is 0 Å². The van der Waals surface area contributed by atoms with Crippen LogP contribution in [0.2, 0.25) is 0 Å². The molecule has 0 bridgehead atoms. The van der Waals surface area contributed by atoms with E-state index in [0.717, 1.165) is 42.1 Å². The van der Waals surface area contributed by atoms with E-state index in [1.807, 2.05) is 11.7 Å². The Kier molecular flexibility index (Phi) is 4.50. The first-order chi connectivity index (χ1) is 9.12. The first-order valence-electron chi connectivity index (χ1n) is 7.09. The van der Waals surface area contributed by atoms with E-state index < -0.39 is 0 Å². The minimum atomic E-state index is 0.610. The van der Waals surface area contributed by atoms with Gasteiger partial charge in [-0.3, -0.25) is 4.68 Å². The van der Waals surface area contributed by atoms with Crippen LogP contribution in [0.25, 0.3) is 11.2 Å². The molecule has 0 aliphatic carbocycles. The molecule has 0 saturated carbocycles. The topological polar surface area (TPSA) is 35.6 Å². The summed E-state index contributed by atoms with van der Waals surface area (Å²) in [6.45, 7) is 7.60. The molecule has 0 radical (unpaired) electrons. The average Bonchev–Trinajstić information content (AvgIpc) is 2.89. The predicted molar refractivity (Wildman–Crippen MR) is 79.8 cm³/mol. The number of aromatic nitrogens is 4. The molecule has 2 aromatic rings. The normalized spacial score (nSPS) is 13.3. The summed E-state index contributed by atoms with van der Waals surface area (Å²) in [6.07, 6.45) is 2.90. The lowest BCUT2D eigenvalue weighted by Crippen LogP contribution is -2.13. The Morgan fingerprint density at radius 2 is 2.05 bits per heavy atom. The zero-order valence-corrected chi connectivity index (χ0v) is 13.0. The van der Waals surface area contributed by atoms with Crippen molar-refractivity contribution in [3.05, 3.63) is 11.5 Å². The fraction of sp³-hybridized carbons (Fsp3) is 0.714. The molecular formula is C14H23ClN4. The highest BCUT2D eigenvalue weighted by molar-refractivity contribution is 6.17. The molecule has 0 amide bonds. The molecule has 0 N–H and O–H groups in total. The first kappa shape index (κ1) is 14.4. The standard InChI is InChI=1S/C14H23ClN4/c1-5-10(3)9-19-12(7-8-15)16-13-11(6-2)17-18(4)14(13)19/h10H,5-9H2,1-4H3. The van der Waals surface area contributed by atoms with Gasteiger partial charge in [0.1, 0.15) is 11.3 Å². The van der Waals surface area contributed by atoms with Crippen molar-refractivity contribution in [2.75, 3.05) is 5.88 Å². The predicted octanol–water partition coefficient (Wildman–Crippen LogP) is 3.16. The van der Waals surface area contributed by atoms with Gasteiger partial charge in [-0.2, -0.15) is 5.10 Å². The van der Waals surface area contributed by atoms with Gasteiger partial charge in [0.2, 0.25) is 0 Å². The van der Waals surface area contributed by atoms with Gasteiger partial charge >= 0.3 is 0 Å². The second-order valence-electron chi connectivity index (χ2n) is 5.19. The van der Waals surface area contributed by atoms with Crippen molar-refractivity contribution in [2.24, 2.45) is 13.0 Å². The van der Waals surface area contributed by atoms with Crippen LogP contribution in [0.15, 0.2) is 0 Å². The fourth-order valence-electron chi connectivity index (χ4n) is 2.43. The zero-order valence-electron chi connectivity index (χ0n) is 12.3. The Morgan fingerprint density at radius 1 is 1.32 bits per heavy atom. The summed E-state index contributed by atoms with van der Waals surface area (Å²) in [5.74, 6) is 2.33. The molecule has 1 unspecified atom stereocenters. The van der Waals surface area contributed by atoms with E-state index in [2.05, 4.69) is 30.4 Å². The molecule has 0 fully saturated rings. The summed E-state index contributed by atoms with van der Waals surface area (Å²) in [5, 5.41) is 4.56. The summed E-state index contributed by atoms with van der Waals surface area (Å²) in [5.41, 5.74) is 3.27. The molecule has 5 heteroatoms. The van der Waals surface area contributed by atoms with Gasteiger partial charge < -0.3 is 4.57 Å². The largest absolute Gasteiger partial charge is 0.313 e. The molecule has 0 aromatic carbocycles. The average molecular weight is 283 g/mol. The van der Waals surface area contributed by atoms with Crippen LogP contribution in [0.3, 0.4) is 0 Å². The van der Waals surface area contributed by atoms with Crippen LogP contribution in [0.5, 0.6) is 0 Å². The van der Waals surface area contributed by atoms with E-state index in [0.29, 0.717) is 11.8 Å². The van der Waals surface area contributed by atoms with Gasteiger partial charge in [-0.15, -0.1) is 11.6 Å². The number of fused-ring (bicyclic) bond motifs is 1. The number of imidazole rings is 1. The van der Waals surface area contributed by atoms with Gasteiger partial charge in [-0.1, -0.05) is 27.2 Å². The molecule has 0 spiro atoms. The van der Waals surface area contributed by atoms with Crippen LogP contribution in [-0.4, -0.2) is 25.2 Å². The van der Waals surface area contributed by atoms with Crippen molar-refractivity contribution in [3.8, 4) is 0 Å². The highest BCUT2D eigenvalue weighted by Crippen LogP contribution is 2.22. The third-order valence-corrected chi connectivity index (χ3v) is 3.90. The smallest absolute Gasteiger partial charge is 0.158 e. The number of aryl methyl sites for hydroxylation is 3. The Labute approximate surface area is 119 Å². The number of hydrogen-bond acceptors (Lipinski definition) is 2. The molecule has 2 rings (SSSR count). The Balaban J connectivity index is 2.55. The summed E-state index contributed by atoms with van der Waals surface area (Å²) in [6, 6.07) is 0. The second kappa shape index (κ2) is 5.95. The van der Waals surface area contributed by atoms with Crippen molar-refractivity contribution in [3.63, 3.8) is 0 Å². The van der Waals surface area contributed by atoms with E-state index in [9.17, 15) is 0 Å². The summed E-state index contributed by atoms with van der Waals surface area (Å²) >= 11 is 5.91. The van der Waals surface area contributed by atoms with Crippen LogP contribution in [0, 0.1) is 5.92 Å². The molecule has 0 aliphatic rings. The Morgan fingerprint density at radius 3 is 2.63 bits per heavy atom. The minimum Gasteiger partial charge on any atom is -0.313 e. The van der Waals surface area contributed by atoms with Crippen molar-refractivity contribution in [1.29, 1.82) is 0 Å². The van der Waals surface area contributed by atoms with Crippen molar-refractivity contribution < 1.29 is 0 Å². The Hall–Kier alpha value is -1.03. The number of rotatable bonds is 6. The second-order valence-corrected chi connectivity index (χ2v) is 5.57. The maximum atomic E-state index is 5.91. The highest BCUT2D eigenvalue weighted by atomic mass is 35.5. The third kappa shape index (κ3) is 2.64. The summed E-state index contributed by atoms with van der Waals surface area (Å²) < 4.78 is 4.26. The lowest BCUT2D eigenvalue weighted by Gasteiger charge is -2.13. The first-order valence-corrected chi connectivity index (χ1v) is 7.62. The third-order valence-electron chi connectivity index (χ3n) is 3.71. The van der Waals surface area contributed by atoms with Crippen LogP contribution >= 0.6 is 11.6 Å². The van der Waals surface area contributed by atoms with E-state index in [1.54, 1.807) is 0 Å². The van der Waals surface area contributed by atoms with Gasteiger partial charge in [-0.05, 0) is 12.3 Å². The van der Waals surface area contributed by atoms with Gasteiger partial charge in [0.25, 0.3) is 0 Å². The summed E-state index contributed by atoms with van der Waals surface area (Å²) in [7, 11) is 2.00. The summed E-state index contributed by atoms with van der Waals surface area (Å²) in [4.78, 5) is 4.78. The molecule has 2 heterocycles. The molecule has 2 aromatic heterocycles. The number of nitrogens with zero attached hydrogens (tertiary/aromatic N) is 4. The van der Waals surface area contributed by atoms with Crippen molar-refractivity contribution >= 4 is 22.8 Å². The maximum absolute atomic E-state index is 5.91. The molecular weight excluding hydrogens is 260 g/mol. The molecule has 19 heavy (non-hydrogen) atoms. The van der Waals surface area contributed by atoms with Gasteiger partial charge in [-0.25, -0.2) is 4.98 Å². The van der Waals surface area contributed by atoms with Gasteiger partial charge in [0, 0.05) is 25.9 Å². The SMILES string of the molecule is CCc1nn(C)c2c1nc(CCCl)n2CC(C)CC. The van der Waals surface area contributed by atoms with Crippen molar-refractivity contribution in [1.82, 2.24) is 19.3 Å². The molecule has 4 nitrogen and oxygen atoms in total. The molecule has 0 aliphatic heterocycles. The van der Waals surface area contributed by atoms with E-state index in [-0.39, 0.29) is 0 Å². The Bertz CT molecular complexity index is 555. The molecule has 1 atom stereocenters. The van der Waals surface area contributed by atoms with Gasteiger partial charge in [0.15, 0.2) is 5.65 Å². The van der Waals surface area contributed by atoms with Gasteiger partial charge in [0.05, 0.1) is 5.69 Å². The maximum Gasteiger partial charge on any atom is 0.158 e. The number of hydrogen-bond donors (Lipinski definition) is 0. The van der Waals surface area contributed by atoms with E-state index in [1.165, 1.54) is 6.42 Å². The van der Waals surface area contributed by atoms with E-state index in [4.69, 9.17) is 16.6 Å². The van der Waals surface area contributed by atoms with Crippen molar-refractivity contribution in [2.45, 2.75) is 46.6 Å². The van der Waals surface area contributed by atoms with E-state index >= 15 is 0 Å². The minimum absolute atomic E-state index is 0.610. The lowest BCUT2D eigenvalue weighted by atomic mass is 10.1. The number of alkyl halides is 1. The monoisotopic (exact) mass is 282 g/mol. The molecule has 0 saturated heterocycles. The number of halogens is 1. The quantitative estimate of drug-likeness (QED) is 0.763. The zero-order chi connectivity index (χ0) is 14.0. The lowest BCUT2D eigenvalue weighted by molar-refractivity contribution is 0.461. The van der Waals surface area contributed by atoms with Crippen LogP contribution in [-0.2, 0) is 26.4 Å². The molecule has 106 valence electrons. The van der Waals surface area contributed by atoms with Crippen LogP contribution in [0.1, 0.15) is 38.7 Å². The fourth-order valence-corrected chi connectivity index (χ4v) is 2.60. The van der Waals surface area contributed by atoms with Crippen LogP contribution < -0.4 is 0 Å². The highest BCUT2D eigenvalue weighted by Gasteiger charge is 2.19.